The van der Waals surface area contributed by atoms with E-state index in [0.717, 1.165) is 27.5 Å². The molecule has 0 unspecified atom stereocenters. The van der Waals surface area contributed by atoms with Crippen LogP contribution in [-0.4, -0.2) is 18.3 Å². The highest BCUT2D eigenvalue weighted by molar-refractivity contribution is 6.18. The van der Waals surface area contributed by atoms with Gasteiger partial charge in [0.1, 0.15) is 0 Å². The van der Waals surface area contributed by atoms with E-state index in [0.29, 0.717) is 5.56 Å². The lowest BCUT2D eigenvalue weighted by atomic mass is 9.74. The van der Waals surface area contributed by atoms with Crippen LogP contribution in [-0.2, 0) is 54.1 Å². The highest BCUT2D eigenvalue weighted by Gasteiger charge is 2.36. The molecule has 4 heterocycles. The molecule has 0 atom stereocenters. The van der Waals surface area contributed by atoms with Crippen LogP contribution in [0.5, 0.6) is 0 Å². The van der Waals surface area contributed by atoms with Gasteiger partial charge in [-0.1, -0.05) is 535 Å². The summed E-state index contributed by atoms with van der Waals surface area (Å²) in [6, 6.07) is 125. The molecular weight excluding hydrogens is 1760 g/mol. The van der Waals surface area contributed by atoms with Crippen LogP contribution < -0.4 is 0 Å². The summed E-state index contributed by atoms with van der Waals surface area (Å²) in [6.45, 7) is 69.1. The van der Waals surface area contributed by atoms with Crippen molar-refractivity contribution in [3.8, 4) is 78.4 Å². The molecule has 0 aliphatic rings. The van der Waals surface area contributed by atoms with Crippen LogP contribution in [0.4, 0.5) is 0 Å². The number of para-hydroxylation sites is 9. The topological polar surface area (TPSA) is 19.7 Å². The number of benzene rings is 17. The van der Waals surface area contributed by atoms with E-state index in [1.54, 1.807) is 0 Å². The lowest BCUT2D eigenvalue weighted by Gasteiger charge is -2.33. The summed E-state index contributed by atoms with van der Waals surface area (Å²) in [4.78, 5) is 0. The van der Waals surface area contributed by atoms with Gasteiger partial charge in [0.25, 0.3) is 0 Å². The predicted octanol–water partition coefficient (Wildman–Crippen LogP) is 40.4. The van der Waals surface area contributed by atoms with Gasteiger partial charge in [-0.05, 0) is 192 Å². The van der Waals surface area contributed by atoms with Crippen LogP contribution in [0.3, 0.4) is 0 Å². The second kappa shape index (κ2) is 38.4. The van der Waals surface area contributed by atoms with Crippen molar-refractivity contribution in [2.45, 2.75) is 262 Å². The van der Waals surface area contributed by atoms with E-state index in [9.17, 15) is 0 Å². The second-order valence-corrected chi connectivity index (χ2v) is 50.7. The molecule has 21 rings (SSSR count). The Balaban J connectivity index is 0.000000132. The first kappa shape index (κ1) is 95.5. The third-order valence-corrected chi connectivity index (χ3v) is 29.3. The highest BCUT2D eigenvalue weighted by Crippen LogP contribution is 2.52. The van der Waals surface area contributed by atoms with Crippen LogP contribution in [0.1, 0.15) is 270 Å². The average molecular weight is 1920 g/mol. The predicted molar refractivity (Wildman–Crippen MR) is 637 cm³/mol. The van der Waals surface area contributed by atoms with Crippen molar-refractivity contribution in [1.29, 1.82) is 0 Å². The smallest absolute Gasteiger partial charge is 0.0629 e. The molecule has 17 aromatic carbocycles. The maximum atomic E-state index is 8.73. The van der Waals surface area contributed by atoms with Crippen molar-refractivity contribution in [2.75, 3.05) is 0 Å². The molecule has 4 aromatic heterocycles. The second-order valence-electron chi connectivity index (χ2n) is 50.7. The van der Waals surface area contributed by atoms with Crippen molar-refractivity contribution in [2.24, 2.45) is 0 Å². The molecule has 0 bridgehead atoms. The van der Waals surface area contributed by atoms with Gasteiger partial charge in [-0.25, -0.2) is 0 Å². The SMILES string of the molecule is CC(C)(C)c1cc(-c2cccc3c4ccccc4n(-c4cccc(-c5ccccc5)c4C(C)(C)C)c23)cc(C(C)(C)C)c1.CC(C)(C)c1cc(-c2cccc3c4ccccc4n(-c4ccccc4C(C)(C)C)c23)cc(C(C)(C)C)c1.CC(C)(C)c1cccc(-n2c3ccccc3c3cccc(-c4ccccc4)c32)c1C(C)(C)C.[2H]c1c([2H])c([2H])c(-c2cccc3c4ccccc4n(-c4cccc(C(C)(C)C)c4C(C)(C)C)c23)c([2H])c1[2H]. The first-order valence-electron chi connectivity index (χ1n) is 55.1. The molecule has 0 radical (unpaired) electrons. The van der Waals surface area contributed by atoms with Crippen molar-refractivity contribution >= 4 is 87.2 Å². The maximum absolute atomic E-state index is 8.73. The largest absolute Gasteiger partial charge is 0.308 e. The van der Waals surface area contributed by atoms with Crippen LogP contribution in [0.25, 0.3) is 166 Å². The Kier molecular flexibility index (Phi) is 25.1. The van der Waals surface area contributed by atoms with Gasteiger partial charge in [-0.15, -0.1) is 0 Å². The quantitative estimate of drug-likeness (QED) is 0.137. The lowest BCUT2D eigenvalue weighted by Crippen LogP contribution is -2.24. The van der Waals surface area contributed by atoms with E-state index in [4.69, 9.17) is 6.85 Å². The van der Waals surface area contributed by atoms with Crippen molar-refractivity contribution < 1.29 is 6.85 Å². The molecule has 0 N–H and O–H groups in total. The summed E-state index contributed by atoms with van der Waals surface area (Å²) >= 11 is 0. The maximum Gasteiger partial charge on any atom is 0.0629 e. The molecular formula is C142H152N4. The van der Waals surface area contributed by atoms with Crippen LogP contribution in [0, 0.1) is 0 Å². The lowest BCUT2D eigenvalue weighted by molar-refractivity contribution is 0.528. The normalized spacial score (nSPS) is 13.2. The molecule has 0 fully saturated rings. The van der Waals surface area contributed by atoms with Gasteiger partial charge >= 0.3 is 0 Å². The fourth-order valence-corrected chi connectivity index (χ4v) is 22.2. The first-order valence-corrected chi connectivity index (χ1v) is 52.6. The van der Waals surface area contributed by atoms with Crippen molar-refractivity contribution in [3.63, 3.8) is 0 Å². The molecule has 0 aliphatic heterocycles. The van der Waals surface area contributed by atoms with Gasteiger partial charge in [0, 0.05) is 71.0 Å². The fourth-order valence-electron chi connectivity index (χ4n) is 22.2. The van der Waals surface area contributed by atoms with E-state index in [-0.39, 0.29) is 89.9 Å². The zero-order chi connectivity index (χ0) is 109. The minimum Gasteiger partial charge on any atom is -0.308 e. The molecule has 0 amide bonds. The Morgan fingerprint density at radius 2 is 0.397 bits per heavy atom. The Bertz CT molecular complexity index is 8700. The zero-order valence-electron chi connectivity index (χ0n) is 97.2. The summed E-state index contributed by atoms with van der Waals surface area (Å²) in [7, 11) is 0. The first-order chi connectivity index (χ1) is 70.9. The Morgan fingerprint density at radius 1 is 0.164 bits per heavy atom. The summed E-state index contributed by atoms with van der Waals surface area (Å²) in [5.41, 5.74) is 38.8. The molecule has 0 saturated heterocycles. The molecule has 740 valence electrons. The minimum atomic E-state index is -0.385. The van der Waals surface area contributed by atoms with E-state index in [1.165, 1.54) is 183 Å². The van der Waals surface area contributed by atoms with Crippen molar-refractivity contribution in [1.82, 2.24) is 18.3 Å². The molecule has 0 aliphatic carbocycles. The number of nitrogens with zero attached hydrogens (tertiary/aromatic N) is 4. The number of rotatable bonds is 9. The monoisotopic (exact) mass is 1920 g/mol. The fraction of sp³-hybridized carbons (Fsp3) is 0.282. The van der Waals surface area contributed by atoms with Crippen LogP contribution >= 0.6 is 0 Å². The third-order valence-electron chi connectivity index (χ3n) is 29.3. The van der Waals surface area contributed by atoms with Crippen LogP contribution in [0.15, 0.2) is 376 Å². The summed E-state index contributed by atoms with van der Waals surface area (Å²) in [5, 5.41) is 9.80. The summed E-state index contributed by atoms with van der Waals surface area (Å²) < 4.78 is 52.0. The molecule has 21 aromatic rings. The Hall–Kier alpha value is -14.1. The van der Waals surface area contributed by atoms with E-state index < -0.39 is 0 Å². The Morgan fingerprint density at radius 3 is 0.712 bits per heavy atom. The summed E-state index contributed by atoms with van der Waals surface area (Å²) in [6.07, 6.45) is 0. The number of hydrogen-bond donors (Lipinski definition) is 0. The molecule has 0 saturated carbocycles. The Labute approximate surface area is 878 Å². The number of fused-ring (bicyclic) bond motifs is 12. The van der Waals surface area contributed by atoms with Gasteiger partial charge in [0.15, 0.2) is 0 Å². The van der Waals surface area contributed by atoms with Gasteiger partial charge in [0.2, 0.25) is 0 Å². The highest BCUT2D eigenvalue weighted by atomic mass is 15.0. The van der Waals surface area contributed by atoms with Gasteiger partial charge < -0.3 is 18.3 Å². The third kappa shape index (κ3) is 19.7. The molecule has 146 heavy (non-hydrogen) atoms. The average Bonchev–Trinajstić information content (AvgIpc) is 1.65. The van der Waals surface area contributed by atoms with Crippen LogP contribution in [0.2, 0.25) is 0 Å². The standard InChI is InChI=1S/C42H45N.C36H41N.2C32H33N/c1-40(2,3)30-25-29(26-31(27-30)41(4,5)6)33-21-15-22-35-34-19-13-14-23-36(34)43(39(33)35)37-24-16-20-32(38(37)42(7,8)9)28-17-11-10-12-18-28;1-34(2,3)25-21-24(22-26(23-25)35(4,5)6)27-16-14-17-29-28-15-10-12-19-31(28)37(33(27)29)32-20-13-11-18-30(32)36(7,8)9;2*1-31(2,3)26-19-13-21-28(29(26)32(4,5)6)33-27-20-11-10-16-24(27)25-18-12-17-23(30(25)33)22-14-8-7-9-15-22/h10-27H,1-9H3;10-23H,1-9H3;2*7-21H,1-6H3/i;;7D,8D,9D,14D,15D;. The van der Waals surface area contributed by atoms with E-state index in [2.05, 4.69) is 547 Å². The van der Waals surface area contributed by atoms with Gasteiger partial charge in [-0.3, -0.25) is 0 Å². The molecule has 0 spiro atoms. The number of aromatic nitrogens is 4. The van der Waals surface area contributed by atoms with E-state index in [1.807, 2.05) is 24.3 Å². The number of hydrogen-bond acceptors (Lipinski definition) is 0. The van der Waals surface area contributed by atoms with Gasteiger partial charge in [-0.2, -0.15) is 0 Å². The van der Waals surface area contributed by atoms with Crippen molar-refractivity contribution in [3.05, 3.63) is 432 Å². The minimum absolute atomic E-state index is 0.00139. The zero-order valence-corrected chi connectivity index (χ0v) is 92.2. The summed E-state index contributed by atoms with van der Waals surface area (Å²) in [5.74, 6) is 0. The molecule has 4 heteroatoms. The molecule has 4 nitrogen and oxygen atoms in total. The van der Waals surface area contributed by atoms with E-state index >= 15 is 0 Å². The van der Waals surface area contributed by atoms with Gasteiger partial charge in [0.05, 0.1) is 68.0 Å².